The lowest BCUT2D eigenvalue weighted by atomic mass is 10.0. The largest absolute Gasteiger partial charge is 0.490 e. The van der Waals surface area contributed by atoms with Crippen molar-refractivity contribution in [2.75, 3.05) is 19.8 Å². The molecule has 0 aromatic heterocycles. The predicted molar refractivity (Wildman–Crippen MR) is 169 cm³/mol. The van der Waals surface area contributed by atoms with E-state index >= 15 is 0 Å². The van der Waals surface area contributed by atoms with Gasteiger partial charge in [-0.1, -0.05) is 61.9 Å². The molecule has 0 saturated heterocycles. The molecule has 0 aliphatic carbocycles. The molecule has 0 spiro atoms. The van der Waals surface area contributed by atoms with E-state index in [2.05, 4.69) is 42.1 Å². The number of rotatable bonds is 10. The molecular weight excluding hydrogens is 548 g/mol. The second-order valence-electron chi connectivity index (χ2n) is 10.3. The third-order valence-corrected chi connectivity index (χ3v) is 7.68. The third-order valence-electron chi connectivity index (χ3n) is 6.72. The molecule has 216 valence electrons. The van der Waals surface area contributed by atoms with E-state index in [1.807, 2.05) is 51.1 Å². The van der Waals surface area contributed by atoms with Crippen molar-refractivity contribution in [3.05, 3.63) is 94.1 Å². The van der Waals surface area contributed by atoms with Crippen molar-refractivity contribution < 1.29 is 19.0 Å². The number of hydrogen-bond acceptors (Lipinski definition) is 7. The summed E-state index contributed by atoms with van der Waals surface area (Å²) in [5, 5.41) is 15.8. The predicted octanol–water partition coefficient (Wildman–Crippen LogP) is 6.95. The van der Waals surface area contributed by atoms with Crippen LogP contribution in [-0.2, 0) is 4.79 Å². The molecule has 42 heavy (non-hydrogen) atoms. The molecule has 1 N–H and O–H groups in total. The zero-order valence-corrected chi connectivity index (χ0v) is 25.2. The number of carbonyl (C=O) groups is 1. The second kappa shape index (κ2) is 12.7. The minimum absolute atomic E-state index is 0.0213. The fourth-order valence-corrected chi connectivity index (χ4v) is 5.42. The van der Waals surface area contributed by atoms with Crippen LogP contribution in [-0.4, -0.2) is 46.8 Å². The Morgan fingerprint density at radius 1 is 0.905 bits per heavy atom. The van der Waals surface area contributed by atoms with E-state index in [1.54, 1.807) is 18.2 Å². The SMILES string of the molecule is CCOc1cc(/C=C2/C(=N)N3N=C(c4ccc(C)cc4)SC3=NC2=O)ccc1OCCOc1cc(C)ccc1C(C)C. The van der Waals surface area contributed by atoms with Crippen molar-refractivity contribution in [3.63, 3.8) is 0 Å². The summed E-state index contributed by atoms with van der Waals surface area (Å²) in [5.74, 6) is 1.84. The second-order valence-corrected chi connectivity index (χ2v) is 11.3. The lowest BCUT2D eigenvalue weighted by molar-refractivity contribution is -0.114. The number of hydrazone groups is 1. The molecule has 2 aliphatic rings. The topological polar surface area (TPSA) is 96.6 Å². The molecule has 0 atom stereocenters. The zero-order valence-electron chi connectivity index (χ0n) is 24.4. The summed E-state index contributed by atoms with van der Waals surface area (Å²) in [4.78, 5) is 17.2. The summed E-state index contributed by atoms with van der Waals surface area (Å²) in [6.07, 6.45) is 1.63. The number of nitrogens with zero attached hydrogens (tertiary/aromatic N) is 3. The monoisotopic (exact) mass is 582 g/mol. The number of fused-ring (bicyclic) bond motifs is 1. The minimum Gasteiger partial charge on any atom is -0.490 e. The summed E-state index contributed by atoms with van der Waals surface area (Å²) in [6.45, 7) is 11.4. The van der Waals surface area contributed by atoms with E-state index in [1.165, 1.54) is 16.8 Å². The number of aliphatic imine (C=N–C) groups is 1. The van der Waals surface area contributed by atoms with Gasteiger partial charge < -0.3 is 14.2 Å². The first kappa shape index (κ1) is 29.1. The van der Waals surface area contributed by atoms with Gasteiger partial charge in [0.25, 0.3) is 5.91 Å². The summed E-state index contributed by atoms with van der Waals surface area (Å²) in [7, 11) is 0. The Hall–Kier alpha value is -4.37. The van der Waals surface area contributed by atoms with E-state index < -0.39 is 5.91 Å². The molecule has 3 aromatic carbocycles. The normalized spacial score (nSPS) is 15.6. The van der Waals surface area contributed by atoms with E-state index in [9.17, 15) is 4.79 Å². The lowest BCUT2D eigenvalue weighted by Crippen LogP contribution is -2.35. The molecule has 2 heterocycles. The van der Waals surface area contributed by atoms with Gasteiger partial charge in [-0.15, -0.1) is 0 Å². The van der Waals surface area contributed by atoms with Crippen LogP contribution in [0.15, 0.2) is 76.3 Å². The Bertz CT molecular complexity index is 1610. The van der Waals surface area contributed by atoms with Crippen LogP contribution in [0.4, 0.5) is 0 Å². The summed E-state index contributed by atoms with van der Waals surface area (Å²) in [5.41, 5.74) is 5.20. The fraction of sp³-hybridized carbons (Fsp3) is 0.273. The highest BCUT2D eigenvalue weighted by atomic mass is 32.2. The Labute approximate surface area is 250 Å². The molecule has 0 bridgehead atoms. The highest BCUT2D eigenvalue weighted by molar-refractivity contribution is 8.27. The maximum absolute atomic E-state index is 12.9. The van der Waals surface area contributed by atoms with Gasteiger partial charge in [-0.05, 0) is 79.4 Å². The molecule has 8 nitrogen and oxygen atoms in total. The maximum Gasteiger partial charge on any atom is 0.283 e. The van der Waals surface area contributed by atoms with E-state index in [0.717, 1.165) is 28.0 Å². The van der Waals surface area contributed by atoms with Crippen molar-refractivity contribution in [1.82, 2.24) is 5.01 Å². The maximum atomic E-state index is 12.9. The van der Waals surface area contributed by atoms with Crippen molar-refractivity contribution in [3.8, 4) is 17.2 Å². The van der Waals surface area contributed by atoms with Gasteiger partial charge in [0.05, 0.1) is 12.2 Å². The van der Waals surface area contributed by atoms with Gasteiger partial charge in [0.1, 0.15) is 24.0 Å². The number of amidine groups is 2. The molecule has 2 aliphatic heterocycles. The minimum atomic E-state index is -0.480. The Balaban J connectivity index is 1.29. The molecule has 3 aromatic rings. The third kappa shape index (κ3) is 6.41. The van der Waals surface area contributed by atoms with Crippen LogP contribution in [0.3, 0.4) is 0 Å². The van der Waals surface area contributed by atoms with E-state index in [-0.39, 0.29) is 11.4 Å². The Morgan fingerprint density at radius 2 is 1.62 bits per heavy atom. The Kier molecular flexibility index (Phi) is 8.77. The van der Waals surface area contributed by atoms with Gasteiger partial charge in [0, 0.05) is 5.56 Å². The highest BCUT2D eigenvalue weighted by Crippen LogP contribution is 2.33. The van der Waals surface area contributed by atoms with Crippen LogP contribution in [0.25, 0.3) is 6.08 Å². The number of carbonyl (C=O) groups excluding carboxylic acids is 1. The van der Waals surface area contributed by atoms with Gasteiger partial charge in [0.2, 0.25) is 5.17 Å². The quantitative estimate of drug-likeness (QED) is 0.205. The first-order valence-corrected chi connectivity index (χ1v) is 14.8. The number of hydrogen-bond donors (Lipinski definition) is 1. The smallest absolute Gasteiger partial charge is 0.283 e. The van der Waals surface area contributed by atoms with Crippen LogP contribution in [0, 0.1) is 19.3 Å². The molecule has 0 unspecified atom stereocenters. The summed E-state index contributed by atoms with van der Waals surface area (Å²) >= 11 is 1.28. The number of benzene rings is 3. The standard InChI is InChI=1S/C33H34N4O4S/c1-6-39-29-19-23(10-14-27(29)40-15-16-41-28-17-22(5)9-13-25(28)20(2)3)18-26-30(34)37-33(35-31(26)38)42-32(36-37)24-11-7-21(4)8-12-24/h7-14,17-20,34H,6,15-16H2,1-5H3/b26-18-,34-30?. The number of nitrogens with one attached hydrogen (secondary N) is 1. The van der Waals surface area contributed by atoms with Crippen LogP contribution in [0.1, 0.15) is 54.5 Å². The molecule has 0 radical (unpaired) electrons. The van der Waals surface area contributed by atoms with Gasteiger partial charge in [0.15, 0.2) is 17.3 Å². The average Bonchev–Trinajstić information content (AvgIpc) is 3.39. The van der Waals surface area contributed by atoms with E-state index in [0.29, 0.717) is 53.0 Å². The number of ether oxygens (including phenoxy) is 3. The van der Waals surface area contributed by atoms with E-state index in [4.69, 9.17) is 19.6 Å². The molecule has 5 rings (SSSR count). The number of aryl methyl sites for hydroxylation is 2. The molecule has 1 amide bonds. The summed E-state index contributed by atoms with van der Waals surface area (Å²) < 4.78 is 17.9. The zero-order chi connectivity index (χ0) is 29.8. The lowest BCUT2D eigenvalue weighted by Gasteiger charge is -2.20. The van der Waals surface area contributed by atoms with Gasteiger partial charge in [-0.3, -0.25) is 10.2 Å². The molecule has 9 heteroatoms. The van der Waals surface area contributed by atoms with Crippen molar-refractivity contribution in [1.29, 1.82) is 5.41 Å². The van der Waals surface area contributed by atoms with Crippen LogP contribution in [0.2, 0.25) is 0 Å². The van der Waals surface area contributed by atoms with Gasteiger partial charge >= 0.3 is 0 Å². The van der Waals surface area contributed by atoms with Crippen molar-refractivity contribution >= 4 is 39.8 Å². The van der Waals surface area contributed by atoms with Crippen LogP contribution < -0.4 is 14.2 Å². The first-order valence-electron chi connectivity index (χ1n) is 13.9. The molecular formula is C33H34N4O4S. The fourth-order valence-electron chi connectivity index (χ4n) is 4.52. The number of thioether (sulfide) groups is 1. The summed E-state index contributed by atoms with van der Waals surface area (Å²) in [6, 6.07) is 19.6. The Morgan fingerprint density at radius 3 is 2.33 bits per heavy atom. The van der Waals surface area contributed by atoms with Gasteiger partial charge in [-0.2, -0.15) is 15.1 Å². The highest BCUT2D eigenvalue weighted by Gasteiger charge is 2.36. The molecule has 0 fully saturated rings. The average molecular weight is 583 g/mol. The first-order chi connectivity index (χ1) is 20.2. The van der Waals surface area contributed by atoms with Crippen molar-refractivity contribution in [2.45, 2.75) is 40.5 Å². The number of amides is 1. The van der Waals surface area contributed by atoms with Gasteiger partial charge in [-0.25, -0.2) is 0 Å². The van der Waals surface area contributed by atoms with Crippen LogP contribution in [0.5, 0.6) is 17.2 Å². The molecule has 0 saturated carbocycles. The van der Waals surface area contributed by atoms with Crippen molar-refractivity contribution in [2.24, 2.45) is 10.1 Å². The van der Waals surface area contributed by atoms with Crippen LogP contribution >= 0.6 is 11.8 Å².